The molecule has 9 heteroatoms. The largest absolute Gasteiger partial charge is 0.416 e. The van der Waals surface area contributed by atoms with Crippen LogP contribution in [0.3, 0.4) is 0 Å². The number of nitrogens with zero attached hydrogens (tertiary/aromatic N) is 2. The predicted molar refractivity (Wildman–Crippen MR) is 138 cm³/mol. The van der Waals surface area contributed by atoms with Crippen molar-refractivity contribution in [2.75, 3.05) is 19.6 Å². The second kappa shape index (κ2) is 10.4. The highest BCUT2D eigenvalue weighted by Gasteiger charge is 2.50. The maximum Gasteiger partial charge on any atom is 0.416 e. The minimum atomic E-state index is -4.55. The molecule has 200 valence electrons. The van der Waals surface area contributed by atoms with Crippen molar-refractivity contribution in [3.63, 3.8) is 0 Å². The first-order valence-electron chi connectivity index (χ1n) is 12.3. The highest BCUT2D eigenvalue weighted by molar-refractivity contribution is 8.28. The predicted octanol–water partition coefficient (Wildman–Crippen LogP) is 6.84. The van der Waals surface area contributed by atoms with Gasteiger partial charge in [-0.05, 0) is 67.6 Å². The first-order valence-corrected chi connectivity index (χ1v) is 14.1. The summed E-state index contributed by atoms with van der Waals surface area (Å²) in [5.41, 5.74) is -0.822. The molecule has 3 nitrogen and oxygen atoms in total. The van der Waals surface area contributed by atoms with Crippen molar-refractivity contribution in [3.8, 4) is 0 Å². The van der Waals surface area contributed by atoms with E-state index in [0.29, 0.717) is 25.4 Å². The standard InChI is InChI=1S/C28H31F5N2OS/c1-4-13-34-18-20(5-2)15-23-17-27(12-14-35(23)34,25-16-22(29)8-11-26(25)30)37(3,19-36)24-9-6-21(7-10-24)28(31,32)33/h4,6-11,16,20,23H,1,3,5,12-15,17-18H2,2H3/t20?,23-,27-,37?/m0/s1. The molecule has 0 spiro atoms. The Morgan fingerprint density at radius 2 is 1.89 bits per heavy atom. The van der Waals surface area contributed by atoms with Crippen LogP contribution in [-0.2, 0) is 15.7 Å². The van der Waals surface area contributed by atoms with Gasteiger partial charge in [0.25, 0.3) is 0 Å². The summed E-state index contributed by atoms with van der Waals surface area (Å²) in [6, 6.07) is 7.36. The van der Waals surface area contributed by atoms with Gasteiger partial charge in [0.15, 0.2) is 5.23 Å². The number of alkyl halides is 3. The molecular weight excluding hydrogens is 507 g/mol. The van der Waals surface area contributed by atoms with Crippen molar-refractivity contribution in [3.05, 3.63) is 77.9 Å². The van der Waals surface area contributed by atoms with Gasteiger partial charge in [0.2, 0.25) is 0 Å². The van der Waals surface area contributed by atoms with Crippen LogP contribution in [0.5, 0.6) is 0 Å². The summed E-state index contributed by atoms with van der Waals surface area (Å²) in [6.07, 6.45) is -0.436. The van der Waals surface area contributed by atoms with E-state index in [-0.39, 0.29) is 22.9 Å². The Bertz CT molecular complexity index is 1290. The molecule has 2 aromatic carbocycles. The zero-order valence-electron chi connectivity index (χ0n) is 20.7. The molecule has 0 aliphatic carbocycles. The van der Waals surface area contributed by atoms with Crippen molar-refractivity contribution in [1.82, 2.24) is 10.0 Å². The Hall–Kier alpha value is -2.45. The molecule has 2 unspecified atom stereocenters. The van der Waals surface area contributed by atoms with Gasteiger partial charge in [0.1, 0.15) is 11.6 Å². The van der Waals surface area contributed by atoms with Crippen molar-refractivity contribution in [2.45, 2.75) is 54.5 Å². The van der Waals surface area contributed by atoms with E-state index >= 15 is 4.39 Å². The number of halogens is 5. The van der Waals surface area contributed by atoms with E-state index in [0.717, 1.165) is 49.7 Å². The number of hydrogen-bond acceptors (Lipinski definition) is 3. The van der Waals surface area contributed by atoms with E-state index in [1.54, 1.807) is 0 Å². The number of benzene rings is 2. The molecule has 0 saturated carbocycles. The maximum absolute atomic E-state index is 15.5. The fourth-order valence-electron chi connectivity index (χ4n) is 5.95. The van der Waals surface area contributed by atoms with E-state index in [4.69, 9.17) is 0 Å². The summed E-state index contributed by atoms with van der Waals surface area (Å²) >= 11 is 0. The zero-order chi connectivity index (χ0) is 27.0. The van der Waals surface area contributed by atoms with Crippen LogP contribution in [0.15, 0.2) is 60.0 Å². The average Bonchev–Trinajstić information content (AvgIpc) is 2.88. The van der Waals surface area contributed by atoms with Crippen molar-refractivity contribution >= 4 is 20.3 Å². The highest BCUT2D eigenvalue weighted by Crippen LogP contribution is 2.60. The third kappa shape index (κ3) is 4.90. The number of hydrazine groups is 1. The monoisotopic (exact) mass is 538 g/mol. The van der Waals surface area contributed by atoms with Gasteiger partial charge in [0.05, 0.1) is 10.3 Å². The second-order valence-electron chi connectivity index (χ2n) is 9.90. The Morgan fingerprint density at radius 3 is 2.49 bits per heavy atom. The molecule has 0 amide bonds. The van der Waals surface area contributed by atoms with E-state index in [1.165, 1.54) is 12.1 Å². The molecule has 4 atom stereocenters. The van der Waals surface area contributed by atoms with E-state index in [2.05, 4.69) is 34.6 Å². The van der Waals surface area contributed by atoms with Crippen LogP contribution in [0.1, 0.15) is 43.7 Å². The normalized spacial score (nSPS) is 26.6. The number of piperidine rings is 1. The number of hydrogen-bond donors (Lipinski definition) is 0. The molecule has 2 aliphatic heterocycles. The van der Waals surface area contributed by atoms with Gasteiger partial charge in [0, 0.05) is 36.1 Å². The molecule has 2 saturated heterocycles. The quantitative estimate of drug-likeness (QED) is 0.229. The first-order chi connectivity index (χ1) is 17.5. The summed E-state index contributed by atoms with van der Waals surface area (Å²) in [7, 11) is -2.97. The lowest BCUT2D eigenvalue weighted by molar-refractivity contribution is -0.137. The number of carbonyl (C=O) groups excluding carboxylic acids is 1. The van der Waals surface area contributed by atoms with Gasteiger partial charge in [-0.2, -0.15) is 13.2 Å². The SMILES string of the molecule is C=CCN1CC(CC)C[C@H]2C[C@@](c3cc(F)ccc3F)(S(=C)(=C=O)c3ccc(C(F)(F)F)cc3)CCN21. The molecular formula is C28H31F5N2OS. The second-order valence-corrected chi connectivity index (χ2v) is 12.8. The van der Waals surface area contributed by atoms with Crippen LogP contribution in [0.25, 0.3) is 0 Å². The average molecular weight is 539 g/mol. The molecule has 4 rings (SSSR count). The van der Waals surface area contributed by atoms with E-state index in [9.17, 15) is 22.4 Å². The van der Waals surface area contributed by atoms with Gasteiger partial charge in [-0.3, -0.25) is 0 Å². The Balaban J connectivity index is 1.90. The Morgan fingerprint density at radius 1 is 1.19 bits per heavy atom. The highest BCUT2D eigenvalue weighted by atomic mass is 32.2. The molecule has 2 heterocycles. The van der Waals surface area contributed by atoms with Crippen LogP contribution in [0.4, 0.5) is 22.0 Å². The molecule has 0 bridgehead atoms. The zero-order valence-corrected chi connectivity index (χ0v) is 21.6. The molecule has 0 N–H and O–H groups in total. The molecule has 2 fully saturated rings. The number of fused-ring (bicyclic) bond motifs is 1. The third-order valence-electron chi connectivity index (χ3n) is 7.90. The molecule has 2 aromatic rings. The van der Waals surface area contributed by atoms with Crippen molar-refractivity contribution in [1.29, 1.82) is 0 Å². The summed E-state index contributed by atoms with van der Waals surface area (Å²) < 4.78 is 68.5. The minimum absolute atomic E-state index is 0.0364. The van der Waals surface area contributed by atoms with Gasteiger partial charge in [-0.15, -0.1) is 6.58 Å². The van der Waals surface area contributed by atoms with Crippen LogP contribution in [-0.4, -0.2) is 46.8 Å². The topological polar surface area (TPSA) is 23.6 Å². The number of rotatable bonds is 6. The lowest BCUT2D eigenvalue weighted by Crippen LogP contribution is -2.61. The first kappa shape index (κ1) is 27.6. The lowest BCUT2D eigenvalue weighted by Gasteiger charge is -2.56. The van der Waals surface area contributed by atoms with Gasteiger partial charge in [-0.25, -0.2) is 23.6 Å². The minimum Gasteiger partial charge on any atom is -0.238 e. The maximum atomic E-state index is 15.5. The third-order valence-corrected chi connectivity index (χ3v) is 11.2. The van der Waals surface area contributed by atoms with E-state index in [1.807, 2.05) is 6.08 Å². The van der Waals surface area contributed by atoms with Crippen LogP contribution in [0, 0.1) is 17.6 Å². The fraction of sp³-hybridized carbons (Fsp3) is 0.429. The summed E-state index contributed by atoms with van der Waals surface area (Å²) in [5, 5.41) is 6.50. The van der Waals surface area contributed by atoms with Gasteiger partial charge in [-0.1, -0.05) is 34.5 Å². The smallest absolute Gasteiger partial charge is 0.238 e. The van der Waals surface area contributed by atoms with Crippen LogP contribution >= 0.6 is 9.21 Å². The fourth-order valence-corrected chi connectivity index (χ4v) is 8.71. The van der Waals surface area contributed by atoms with E-state index < -0.39 is 37.3 Å². The van der Waals surface area contributed by atoms with Gasteiger partial charge >= 0.3 is 6.18 Å². The van der Waals surface area contributed by atoms with Crippen LogP contribution in [0.2, 0.25) is 0 Å². The molecule has 0 aromatic heterocycles. The van der Waals surface area contributed by atoms with Gasteiger partial charge < -0.3 is 0 Å². The summed E-state index contributed by atoms with van der Waals surface area (Å²) in [5.74, 6) is 3.31. The van der Waals surface area contributed by atoms with Crippen molar-refractivity contribution in [2.24, 2.45) is 5.92 Å². The lowest BCUT2D eigenvalue weighted by atomic mass is 9.80. The summed E-state index contributed by atoms with van der Waals surface area (Å²) in [6.45, 7) is 7.90. The molecule has 2 aliphatic rings. The van der Waals surface area contributed by atoms with Crippen LogP contribution < -0.4 is 0 Å². The van der Waals surface area contributed by atoms with Crippen molar-refractivity contribution < 1.29 is 26.7 Å². The molecule has 37 heavy (non-hydrogen) atoms. The summed E-state index contributed by atoms with van der Waals surface area (Å²) in [4.78, 5) is 13.1. The Labute approximate surface area is 215 Å². The molecule has 0 radical (unpaired) electrons. The Kier molecular flexibility index (Phi) is 7.73.